The number of nitrogens with zero attached hydrogens (tertiary/aromatic N) is 4. The molecule has 0 aliphatic carbocycles. The highest BCUT2D eigenvalue weighted by molar-refractivity contribution is 5.92. The number of aromatic nitrogens is 2. The van der Waals surface area contributed by atoms with E-state index in [0.29, 0.717) is 19.0 Å². The molecule has 2 aliphatic rings. The van der Waals surface area contributed by atoms with E-state index >= 15 is 0 Å². The van der Waals surface area contributed by atoms with Gasteiger partial charge in [-0.3, -0.25) is 14.8 Å². The number of nitrogens with one attached hydrogen (secondary N) is 1. The number of piperazine rings is 1. The normalized spacial score (nSPS) is 19.4. The monoisotopic (exact) mass is 429 g/mol. The summed E-state index contributed by atoms with van der Waals surface area (Å²) in [5.41, 5.74) is 3.74. The summed E-state index contributed by atoms with van der Waals surface area (Å²) in [7, 11) is 0. The molecule has 2 amide bonds. The summed E-state index contributed by atoms with van der Waals surface area (Å²) in [4.78, 5) is 37.9. The van der Waals surface area contributed by atoms with Crippen LogP contribution in [0.3, 0.4) is 0 Å². The first-order valence-electron chi connectivity index (χ1n) is 10.6. The van der Waals surface area contributed by atoms with Gasteiger partial charge in [-0.2, -0.15) is 0 Å². The summed E-state index contributed by atoms with van der Waals surface area (Å²) >= 11 is 0. The number of carbonyl (C=O) groups is 2. The molecule has 2 aromatic carbocycles. The van der Waals surface area contributed by atoms with Crippen LogP contribution in [0, 0.1) is 0 Å². The van der Waals surface area contributed by atoms with Crippen molar-refractivity contribution in [1.82, 2.24) is 20.3 Å². The number of amides is 2. The maximum atomic E-state index is 13.7. The highest BCUT2D eigenvalue weighted by Crippen LogP contribution is 2.36. The van der Waals surface area contributed by atoms with Gasteiger partial charge in [-0.1, -0.05) is 60.7 Å². The fraction of sp³-hybridized carbons (Fsp3) is 0.250. The van der Waals surface area contributed by atoms with E-state index in [1.165, 1.54) is 12.4 Å². The zero-order chi connectivity index (χ0) is 22.1. The van der Waals surface area contributed by atoms with Crippen molar-refractivity contribution >= 4 is 17.8 Å². The number of carbonyl (C=O) groups excluding carboxylic acids is 2. The van der Waals surface area contributed by atoms with Crippen LogP contribution in [0.5, 0.6) is 0 Å². The van der Waals surface area contributed by atoms with Crippen LogP contribution in [0.2, 0.25) is 0 Å². The summed E-state index contributed by atoms with van der Waals surface area (Å²) in [6.45, 7) is 1.26. The Kier molecular flexibility index (Phi) is 5.28. The predicted octanol–water partition coefficient (Wildman–Crippen LogP) is 2.22. The van der Waals surface area contributed by atoms with Crippen LogP contribution in [-0.2, 0) is 4.79 Å². The zero-order valence-corrected chi connectivity index (χ0v) is 17.3. The average molecular weight is 429 g/mol. The fourth-order valence-corrected chi connectivity index (χ4v) is 4.77. The minimum Gasteiger partial charge on any atom is -0.335 e. The summed E-state index contributed by atoms with van der Waals surface area (Å²) in [5, 5.41) is 8.74. The Bertz CT molecular complexity index is 1070. The van der Waals surface area contributed by atoms with Crippen LogP contribution >= 0.6 is 0 Å². The first kappa shape index (κ1) is 20.1. The van der Waals surface area contributed by atoms with Crippen LogP contribution in [0.15, 0.2) is 73.1 Å². The van der Waals surface area contributed by atoms with E-state index in [2.05, 4.69) is 14.9 Å². The molecule has 0 saturated carbocycles. The summed E-state index contributed by atoms with van der Waals surface area (Å²) in [6.07, 6.45) is 3.65. The molecule has 2 fully saturated rings. The highest BCUT2D eigenvalue weighted by atomic mass is 16.5. The third-order valence-corrected chi connectivity index (χ3v) is 6.30. The molecule has 0 radical (unpaired) electrons. The molecule has 2 aliphatic heterocycles. The molecule has 32 heavy (non-hydrogen) atoms. The van der Waals surface area contributed by atoms with Crippen molar-refractivity contribution in [2.24, 2.45) is 0 Å². The Morgan fingerprint density at radius 3 is 2.00 bits per heavy atom. The van der Waals surface area contributed by atoms with Gasteiger partial charge in [0.05, 0.1) is 23.6 Å². The predicted molar refractivity (Wildman–Crippen MR) is 117 cm³/mol. The molecule has 2 saturated heterocycles. The molecule has 8 nitrogen and oxygen atoms in total. The number of hydroxylamine groups is 1. The molecule has 5 rings (SSSR count). The first-order chi connectivity index (χ1) is 15.7. The van der Waals surface area contributed by atoms with Gasteiger partial charge in [-0.25, -0.2) is 15.4 Å². The first-order valence-corrected chi connectivity index (χ1v) is 10.6. The highest BCUT2D eigenvalue weighted by Gasteiger charge is 2.47. The number of rotatable bonds is 5. The minimum atomic E-state index is -0.649. The maximum absolute atomic E-state index is 13.7. The quantitative estimate of drug-likeness (QED) is 0.477. The number of hydrogen-bond acceptors (Lipinski definition) is 6. The van der Waals surface area contributed by atoms with Crippen molar-refractivity contribution < 1.29 is 14.8 Å². The van der Waals surface area contributed by atoms with Crippen LogP contribution < -0.4 is 10.4 Å². The standard InChI is InChI=1S/C24H23N5O3/c30-22(27-32)18-12-25-24(26-13-18)29-15-19-11-20(29)14-28(19)23(31)21(16-7-3-1-4-8-16)17-9-5-2-6-10-17/h1-10,12-13,19-21,32H,11,14-15H2,(H,27,30)/t19-,20-/m1/s1. The number of anilines is 1. The Hall–Kier alpha value is -3.78. The second-order valence-corrected chi connectivity index (χ2v) is 8.15. The van der Waals surface area contributed by atoms with Gasteiger partial charge in [0.2, 0.25) is 11.9 Å². The van der Waals surface area contributed by atoms with Crippen molar-refractivity contribution in [3.05, 3.63) is 89.7 Å². The second-order valence-electron chi connectivity index (χ2n) is 8.15. The molecule has 8 heteroatoms. The lowest BCUT2D eigenvalue weighted by atomic mass is 9.89. The van der Waals surface area contributed by atoms with Crippen LogP contribution in [-0.4, -0.2) is 57.1 Å². The van der Waals surface area contributed by atoms with Crippen LogP contribution in [0.25, 0.3) is 0 Å². The summed E-state index contributed by atoms with van der Waals surface area (Å²) in [6, 6.07) is 20.0. The second kappa shape index (κ2) is 8.39. The van der Waals surface area contributed by atoms with E-state index in [1.54, 1.807) is 5.48 Å². The summed E-state index contributed by atoms with van der Waals surface area (Å²) < 4.78 is 0. The van der Waals surface area contributed by atoms with Crippen molar-refractivity contribution in [3.8, 4) is 0 Å². The Morgan fingerprint density at radius 1 is 0.906 bits per heavy atom. The molecular formula is C24H23N5O3. The van der Waals surface area contributed by atoms with E-state index in [4.69, 9.17) is 5.21 Å². The van der Waals surface area contributed by atoms with Crippen molar-refractivity contribution in [2.75, 3.05) is 18.0 Å². The van der Waals surface area contributed by atoms with Gasteiger partial charge < -0.3 is 9.80 Å². The van der Waals surface area contributed by atoms with Gasteiger partial charge in [0.1, 0.15) is 0 Å². The molecule has 1 aromatic heterocycles. The zero-order valence-electron chi connectivity index (χ0n) is 17.3. The number of benzene rings is 2. The number of likely N-dealkylation sites (tertiary alicyclic amines) is 1. The number of hydrogen-bond donors (Lipinski definition) is 2. The van der Waals surface area contributed by atoms with E-state index < -0.39 is 5.91 Å². The molecule has 2 N–H and O–H groups in total. The lowest BCUT2D eigenvalue weighted by Crippen LogP contribution is -2.50. The minimum absolute atomic E-state index is 0.0893. The Balaban J connectivity index is 1.35. The van der Waals surface area contributed by atoms with Gasteiger partial charge in [0.15, 0.2) is 0 Å². The molecule has 3 aromatic rings. The van der Waals surface area contributed by atoms with Crippen molar-refractivity contribution in [2.45, 2.75) is 24.4 Å². The topological polar surface area (TPSA) is 98.7 Å². The molecule has 0 spiro atoms. The third kappa shape index (κ3) is 3.58. The van der Waals surface area contributed by atoms with Crippen molar-refractivity contribution in [3.63, 3.8) is 0 Å². The van der Waals surface area contributed by atoms with Crippen LogP contribution in [0.4, 0.5) is 5.95 Å². The lowest BCUT2D eigenvalue weighted by Gasteiger charge is -2.36. The average Bonchev–Trinajstić information content (AvgIpc) is 3.46. The fourth-order valence-electron chi connectivity index (χ4n) is 4.77. The molecule has 3 heterocycles. The third-order valence-electron chi connectivity index (χ3n) is 6.30. The van der Waals surface area contributed by atoms with E-state index in [-0.39, 0.29) is 29.5 Å². The molecule has 2 bridgehead atoms. The van der Waals surface area contributed by atoms with Crippen LogP contribution in [0.1, 0.15) is 33.8 Å². The Morgan fingerprint density at radius 2 is 1.50 bits per heavy atom. The van der Waals surface area contributed by atoms with E-state index in [9.17, 15) is 9.59 Å². The SMILES string of the molecule is O=C(NO)c1cnc(N2C[C@H]3C[C@@H]2CN3C(=O)C(c2ccccc2)c2ccccc2)nc1. The van der Waals surface area contributed by atoms with Gasteiger partial charge >= 0.3 is 0 Å². The van der Waals surface area contributed by atoms with E-state index in [1.807, 2.05) is 65.6 Å². The molecular weight excluding hydrogens is 406 g/mol. The van der Waals surface area contributed by atoms with Gasteiger partial charge in [-0.15, -0.1) is 0 Å². The largest absolute Gasteiger partial charge is 0.335 e. The van der Waals surface area contributed by atoms with Crippen molar-refractivity contribution in [1.29, 1.82) is 0 Å². The van der Waals surface area contributed by atoms with Gasteiger partial charge in [0.25, 0.3) is 5.91 Å². The smallest absolute Gasteiger partial charge is 0.277 e. The molecule has 2 atom stereocenters. The number of fused-ring (bicyclic) bond motifs is 2. The lowest BCUT2D eigenvalue weighted by molar-refractivity contribution is -0.133. The van der Waals surface area contributed by atoms with E-state index in [0.717, 1.165) is 17.5 Å². The van der Waals surface area contributed by atoms with Gasteiger partial charge in [0, 0.05) is 25.5 Å². The summed E-state index contributed by atoms with van der Waals surface area (Å²) in [5.74, 6) is -0.339. The maximum Gasteiger partial charge on any atom is 0.277 e. The van der Waals surface area contributed by atoms with Gasteiger partial charge in [-0.05, 0) is 17.5 Å². The molecule has 162 valence electrons. The Labute approximate surface area is 185 Å². The molecule has 0 unspecified atom stereocenters.